The minimum Gasteiger partial charge on any atom is -0.455 e. The normalized spacial score (nSPS) is 10.7. The predicted octanol–water partition coefficient (Wildman–Crippen LogP) is 3.16. The summed E-state index contributed by atoms with van der Waals surface area (Å²) in [4.78, 5) is 48.9. The Morgan fingerprint density at radius 3 is 2.42 bits per heavy atom. The molecule has 160 valence electrons. The first-order valence-electron chi connectivity index (χ1n) is 9.67. The van der Waals surface area contributed by atoms with Gasteiger partial charge in [-0.1, -0.05) is 36.4 Å². The van der Waals surface area contributed by atoms with Crippen LogP contribution >= 0.6 is 0 Å². The number of imide groups is 1. The lowest BCUT2D eigenvalue weighted by atomic mass is 10.0. The largest absolute Gasteiger partial charge is 0.455 e. The molecule has 2 N–H and O–H groups in total. The molecule has 0 radical (unpaired) electrons. The molecule has 2 aromatic carbocycles. The molecule has 0 fully saturated rings. The number of ether oxygens (including phenoxy) is 1. The Labute approximate surface area is 178 Å². The van der Waals surface area contributed by atoms with Crippen LogP contribution < -0.4 is 16.1 Å². The summed E-state index contributed by atoms with van der Waals surface area (Å²) in [6, 6.07) is 12.8. The Morgan fingerprint density at radius 1 is 1.03 bits per heavy atom. The fourth-order valence-electron chi connectivity index (χ4n) is 3.01. The van der Waals surface area contributed by atoms with E-state index in [2.05, 4.69) is 10.6 Å². The van der Waals surface area contributed by atoms with Crippen molar-refractivity contribution in [3.05, 3.63) is 69.9 Å². The second-order valence-electron chi connectivity index (χ2n) is 7.19. The highest BCUT2D eigenvalue weighted by Crippen LogP contribution is 2.27. The van der Waals surface area contributed by atoms with Gasteiger partial charge in [-0.25, -0.2) is 9.59 Å². The van der Waals surface area contributed by atoms with Crippen molar-refractivity contribution in [2.45, 2.75) is 26.8 Å². The van der Waals surface area contributed by atoms with Gasteiger partial charge >= 0.3 is 12.0 Å². The van der Waals surface area contributed by atoms with Crippen LogP contribution in [0.2, 0.25) is 0 Å². The van der Waals surface area contributed by atoms with E-state index in [1.54, 1.807) is 39.0 Å². The molecule has 0 unspecified atom stereocenters. The molecule has 1 aromatic heterocycles. The van der Waals surface area contributed by atoms with Gasteiger partial charge in [0.25, 0.3) is 5.91 Å². The van der Waals surface area contributed by atoms with Crippen molar-refractivity contribution in [1.29, 1.82) is 0 Å². The molecule has 0 saturated carbocycles. The highest BCUT2D eigenvalue weighted by Gasteiger charge is 2.20. The van der Waals surface area contributed by atoms with Crippen molar-refractivity contribution < 1.29 is 23.5 Å². The average Bonchev–Trinajstić information content (AvgIpc) is 2.74. The topological polar surface area (TPSA) is 115 Å². The second kappa shape index (κ2) is 9.25. The predicted molar refractivity (Wildman–Crippen MR) is 115 cm³/mol. The Bertz CT molecular complexity index is 1200. The van der Waals surface area contributed by atoms with Gasteiger partial charge in [-0.3, -0.25) is 14.9 Å². The summed E-state index contributed by atoms with van der Waals surface area (Å²) in [6.07, 6.45) is 0. The second-order valence-corrected chi connectivity index (χ2v) is 7.19. The van der Waals surface area contributed by atoms with Crippen LogP contribution in [0.25, 0.3) is 22.3 Å². The van der Waals surface area contributed by atoms with Crippen LogP contribution in [0.1, 0.15) is 29.8 Å². The molecule has 31 heavy (non-hydrogen) atoms. The Balaban J connectivity index is 1.88. The molecule has 0 spiro atoms. The van der Waals surface area contributed by atoms with E-state index in [0.29, 0.717) is 16.9 Å². The van der Waals surface area contributed by atoms with Gasteiger partial charge in [0.2, 0.25) is 0 Å². The molecule has 8 heteroatoms. The minimum absolute atomic E-state index is 0.00575. The van der Waals surface area contributed by atoms with Gasteiger partial charge < -0.3 is 14.5 Å². The van der Waals surface area contributed by atoms with Crippen LogP contribution in [-0.4, -0.2) is 30.6 Å². The van der Waals surface area contributed by atoms with E-state index < -0.39 is 24.5 Å². The maximum absolute atomic E-state index is 12.9. The highest BCUT2D eigenvalue weighted by atomic mass is 16.5. The smallest absolute Gasteiger partial charge is 0.342 e. The van der Waals surface area contributed by atoms with Crippen molar-refractivity contribution in [2.24, 2.45) is 0 Å². The Morgan fingerprint density at radius 2 is 1.74 bits per heavy atom. The number of hydrogen-bond donors (Lipinski definition) is 2. The van der Waals surface area contributed by atoms with Crippen molar-refractivity contribution in [2.75, 3.05) is 6.61 Å². The fourth-order valence-corrected chi connectivity index (χ4v) is 3.01. The zero-order valence-corrected chi connectivity index (χ0v) is 17.4. The van der Waals surface area contributed by atoms with Crippen molar-refractivity contribution in [3.8, 4) is 11.3 Å². The molecule has 3 rings (SSSR count). The van der Waals surface area contributed by atoms with E-state index in [1.165, 1.54) is 12.1 Å². The number of para-hydroxylation sites is 1. The first kappa shape index (κ1) is 21.8. The maximum atomic E-state index is 12.9. The Hall–Kier alpha value is -3.94. The summed E-state index contributed by atoms with van der Waals surface area (Å²) in [5.74, 6) is -1.29. The minimum atomic E-state index is -0.851. The quantitative estimate of drug-likeness (QED) is 0.611. The first-order chi connectivity index (χ1) is 14.8. The summed E-state index contributed by atoms with van der Waals surface area (Å²) in [6.45, 7) is 4.47. The molecule has 0 aliphatic heterocycles. The fraction of sp³-hybridized carbons (Fsp3) is 0.217. The van der Waals surface area contributed by atoms with Crippen molar-refractivity contribution in [1.82, 2.24) is 10.6 Å². The number of rotatable bonds is 5. The third-order valence-corrected chi connectivity index (χ3v) is 4.41. The molecule has 1 heterocycles. The van der Waals surface area contributed by atoms with E-state index in [0.717, 1.165) is 0 Å². The summed E-state index contributed by atoms with van der Waals surface area (Å²) >= 11 is 0. The lowest BCUT2D eigenvalue weighted by Gasteiger charge is -2.11. The molecule has 0 bridgehead atoms. The number of amides is 3. The van der Waals surface area contributed by atoms with E-state index in [1.807, 2.05) is 18.2 Å². The standard InChI is InChI=1S/C23H22N2O6/c1-13(2)24-23(29)25-18(26)12-30-22(28)17-11-7-10-16-19(27)14(3)20(31-21(16)17)15-8-5-4-6-9-15/h4-11,13H,12H2,1-3H3,(H2,24,25,26,29). The third-order valence-electron chi connectivity index (χ3n) is 4.41. The molecule has 0 saturated heterocycles. The molecule has 0 aliphatic carbocycles. The van der Waals surface area contributed by atoms with Gasteiger partial charge in [-0.05, 0) is 32.9 Å². The van der Waals surface area contributed by atoms with Gasteiger partial charge in [0.15, 0.2) is 17.6 Å². The number of fused-ring (bicyclic) bond motifs is 1. The molecule has 3 amide bonds. The SMILES string of the molecule is Cc1c(-c2ccccc2)oc2c(C(=O)OCC(=O)NC(=O)NC(C)C)cccc2c1=O. The third kappa shape index (κ3) is 4.98. The van der Waals surface area contributed by atoms with E-state index in [-0.39, 0.29) is 28.0 Å². The number of carbonyl (C=O) groups is 3. The lowest BCUT2D eigenvalue weighted by molar-refractivity contribution is -0.123. The summed E-state index contributed by atoms with van der Waals surface area (Å²) in [7, 11) is 0. The van der Waals surface area contributed by atoms with E-state index in [4.69, 9.17) is 9.15 Å². The molecule has 0 atom stereocenters. The average molecular weight is 422 g/mol. The van der Waals surface area contributed by atoms with Gasteiger partial charge in [0.05, 0.1) is 5.39 Å². The highest BCUT2D eigenvalue weighted by molar-refractivity contribution is 6.03. The van der Waals surface area contributed by atoms with Gasteiger partial charge in [0, 0.05) is 17.2 Å². The lowest BCUT2D eigenvalue weighted by Crippen LogP contribution is -2.44. The summed E-state index contributed by atoms with van der Waals surface area (Å²) < 4.78 is 11.0. The number of urea groups is 1. The zero-order chi connectivity index (χ0) is 22.5. The molecular weight excluding hydrogens is 400 g/mol. The molecule has 3 aromatic rings. The van der Waals surface area contributed by atoms with Crippen LogP contribution in [0, 0.1) is 6.92 Å². The number of nitrogens with one attached hydrogen (secondary N) is 2. The van der Waals surface area contributed by atoms with E-state index in [9.17, 15) is 19.2 Å². The van der Waals surface area contributed by atoms with Crippen molar-refractivity contribution >= 4 is 28.9 Å². The van der Waals surface area contributed by atoms with E-state index >= 15 is 0 Å². The number of hydrogen-bond acceptors (Lipinski definition) is 6. The Kier molecular flexibility index (Phi) is 6.49. The van der Waals surface area contributed by atoms with Crippen LogP contribution in [0.4, 0.5) is 4.79 Å². The van der Waals surface area contributed by atoms with Crippen LogP contribution in [0.5, 0.6) is 0 Å². The van der Waals surface area contributed by atoms with Crippen LogP contribution in [0.3, 0.4) is 0 Å². The molecular formula is C23H22N2O6. The maximum Gasteiger partial charge on any atom is 0.342 e. The monoisotopic (exact) mass is 422 g/mol. The van der Waals surface area contributed by atoms with Gasteiger partial charge in [-0.2, -0.15) is 0 Å². The van der Waals surface area contributed by atoms with Crippen molar-refractivity contribution in [3.63, 3.8) is 0 Å². The number of carbonyl (C=O) groups excluding carboxylic acids is 3. The van der Waals surface area contributed by atoms with Crippen LogP contribution in [0.15, 0.2) is 57.7 Å². The molecule has 8 nitrogen and oxygen atoms in total. The van der Waals surface area contributed by atoms with Gasteiger partial charge in [0.1, 0.15) is 11.3 Å². The van der Waals surface area contributed by atoms with Crippen LogP contribution in [-0.2, 0) is 9.53 Å². The number of benzene rings is 2. The number of esters is 1. The summed E-state index contributed by atoms with van der Waals surface area (Å²) in [5.41, 5.74) is 0.918. The van der Waals surface area contributed by atoms with Gasteiger partial charge in [-0.15, -0.1) is 0 Å². The molecule has 0 aliphatic rings. The zero-order valence-electron chi connectivity index (χ0n) is 17.4. The first-order valence-corrected chi connectivity index (χ1v) is 9.67. The summed E-state index contributed by atoms with van der Waals surface area (Å²) in [5, 5.41) is 4.78.